The minimum atomic E-state index is -0.541. The van der Waals surface area contributed by atoms with E-state index in [1.54, 1.807) is 6.92 Å². The van der Waals surface area contributed by atoms with E-state index in [2.05, 4.69) is 27.0 Å². The number of benzene rings is 2. The summed E-state index contributed by atoms with van der Waals surface area (Å²) < 4.78 is 7.62. The SMILES string of the molecule is CC(=O)N1CCC2(CC1)Oc1ccc(Br)cc1C1CC(c3ccccc3Cl)=NN12. The maximum Gasteiger partial charge on any atom is 0.219 e. The average molecular weight is 475 g/mol. The van der Waals surface area contributed by atoms with Gasteiger partial charge in [-0.15, -0.1) is 0 Å². The van der Waals surface area contributed by atoms with Crippen molar-refractivity contribution < 1.29 is 9.53 Å². The molecule has 2 aromatic carbocycles. The predicted molar refractivity (Wildman–Crippen MR) is 116 cm³/mol. The van der Waals surface area contributed by atoms with Gasteiger partial charge in [-0.25, -0.2) is 5.01 Å². The number of likely N-dealkylation sites (tertiary alicyclic amines) is 1. The molecule has 1 fully saturated rings. The fourth-order valence-electron chi connectivity index (χ4n) is 4.61. The first kappa shape index (κ1) is 18.9. The molecule has 3 aliphatic rings. The lowest BCUT2D eigenvalue weighted by molar-refractivity contribution is -0.158. The molecule has 29 heavy (non-hydrogen) atoms. The summed E-state index contributed by atoms with van der Waals surface area (Å²) in [6.07, 6.45) is 2.21. The Morgan fingerprint density at radius 3 is 2.72 bits per heavy atom. The van der Waals surface area contributed by atoms with Crippen LogP contribution in [0.5, 0.6) is 5.75 Å². The van der Waals surface area contributed by atoms with Crippen LogP contribution in [0.2, 0.25) is 5.02 Å². The van der Waals surface area contributed by atoms with Crippen LogP contribution in [0.15, 0.2) is 52.0 Å². The molecule has 0 N–H and O–H groups in total. The molecule has 150 valence electrons. The molecule has 3 heterocycles. The first-order chi connectivity index (χ1) is 14.0. The number of rotatable bonds is 1. The second kappa shape index (κ2) is 7.03. The Hall–Kier alpha value is -2.05. The topological polar surface area (TPSA) is 45.1 Å². The highest BCUT2D eigenvalue weighted by Gasteiger charge is 2.52. The van der Waals surface area contributed by atoms with Crippen LogP contribution in [-0.4, -0.2) is 40.3 Å². The van der Waals surface area contributed by atoms with E-state index in [1.807, 2.05) is 41.3 Å². The van der Waals surface area contributed by atoms with Crippen molar-refractivity contribution in [3.05, 3.63) is 63.1 Å². The van der Waals surface area contributed by atoms with Crippen LogP contribution in [0.4, 0.5) is 0 Å². The Labute approximate surface area is 183 Å². The van der Waals surface area contributed by atoms with Crippen LogP contribution in [0.3, 0.4) is 0 Å². The first-order valence-corrected chi connectivity index (χ1v) is 11.0. The van der Waals surface area contributed by atoms with E-state index in [9.17, 15) is 4.79 Å². The van der Waals surface area contributed by atoms with E-state index in [0.29, 0.717) is 18.1 Å². The van der Waals surface area contributed by atoms with Crippen molar-refractivity contribution in [2.45, 2.75) is 38.0 Å². The standard InChI is InChI=1S/C22H21BrClN3O2/c1-14(28)26-10-8-22(9-11-26)27-20(17-12-15(23)6-7-21(17)29-22)13-19(25-27)16-4-2-3-5-18(16)24/h2-7,12,20H,8-11,13H2,1H3. The van der Waals surface area contributed by atoms with Gasteiger partial charge in [0.15, 0.2) is 0 Å². The number of ether oxygens (including phenoxy) is 1. The molecule has 0 radical (unpaired) electrons. The van der Waals surface area contributed by atoms with Gasteiger partial charge in [0.2, 0.25) is 11.6 Å². The lowest BCUT2D eigenvalue weighted by Crippen LogP contribution is -2.59. The maximum atomic E-state index is 11.8. The van der Waals surface area contributed by atoms with Crippen LogP contribution < -0.4 is 4.74 Å². The van der Waals surface area contributed by atoms with Gasteiger partial charge in [-0.1, -0.05) is 45.7 Å². The largest absolute Gasteiger partial charge is 0.466 e. The van der Waals surface area contributed by atoms with Gasteiger partial charge < -0.3 is 9.64 Å². The summed E-state index contributed by atoms with van der Waals surface area (Å²) >= 11 is 10.1. The highest BCUT2D eigenvalue weighted by Crippen LogP contribution is 2.50. The van der Waals surface area contributed by atoms with E-state index in [4.69, 9.17) is 21.4 Å². The summed E-state index contributed by atoms with van der Waals surface area (Å²) in [6, 6.07) is 14.1. The number of halogens is 2. The van der Waals surface area contributed by atoms with Gasteiger partial charge in [0, 0.05) is 59.9 Å². The lowest BCUT2D eigenvalue weighted by Gasteiger charge is -2.51. The third-order valence-electron chi connectivity index (χ3n) is 6.13. The van der Waals surface area contributed by atoms with E-state index >= 15 is 0 Å². The normalized spacial score (nSPS) is 22.0. The summed E-state index contributed by atoms with van der Waals surface area (Å²) in [6.45, 7) is 2.96. The Morgan fingerprint density at radius 1 is 1.24 bits per heavy atom. The van der Waals surface area contributed by atoms with Crippen molar-refractivity contribution in [3.8, 4) is 5.75 Å². The highest BCUT2D eigenvalue weighted by molar-refractivity contribution is 9.10. The second-order valence-electron chi connectivity index (χ2n) is 7.83. The predicted octanol–water partition coefficient (Wildman–Crippen LogP) is 4.98. The fourth-order valence-corrected chi connectivity index (χ4v) is 5.24. The van der Waals surface area contributed by atoms with E-state index in [-0.39, 0.29) is 11.9 Å². The van der Waals surface area contributed by atoms with Crippen molar-refractivity contribution in [1.82, 2.24) is 9.91 Å². The van der Waals surface area contributed by atoms with Gasteiger partial charge >= 0.3 is 0 Å². The number of carbonyl (C=O) groups is 1. The van der Waals surface area contributed by atoms with Gasteiger partial charge in [-0.3, -0.25) is 4.79 Å². The molecular weight excluding hydrogens is 454 g/mol. The van der Waals surface area contributed by atoms with Gasteiger partial charge in [0.05, 0.1) is 11.8 Å². The molecule has 1 amide bonds. The quantitative estimate of drug-likeness (QED) is 0.585. The maximum absolute atomic E-state index is 11.8. The molecule has 1 spiro atoms. The molecule has 7 heteroatoms. The average Bonchev–Trinajstić information content (AvgIpc) is 3.16. The van der Waals surface area contributed by atoms with Crippen molar-refractivity contribution in [2.24, 2.45) is 5.10 Å². The number of carbonyl (C=O) groups excluding carboxylic acids is 1. The summed E-state index contributed by atoms with van der Waals surface area (Å²) in [4.78, 5) is 13.7. The molecule has 0 saturated carbocycles. The molecule has 1 unspecified atom stereocenters. The molecule has 2 aromatic rings. The first-order valence-electron chi connectivity index (χ1n) is 9.82. The highest BCUT2D eigenvalue weighted by atomic mass is 79.9. The van der Waals surface area contributed by atoms with Crippen molar-refractivity contribution in [3.63, 3.8) is 0 Å². The summed E-state index contributed by atoms with van der Waals surface area (Å²) in [5.74, 6) is 1.01. The Balaban J connectivity index is 1.57. The smallest absolute Gasteiger partial charge is 0.219 e. The van der Waals surface area contributed by atoms with E-state index in [1.165, 1.54) is 0 Å². The molecule has 1 saturated heterocycles. The minimum absolute atomic E-state index is 0.0893. The van der Waals surface area contributed by atoms with Crippen molar-refractivity contribution >= 4 is 39.1 Å². The number of amides is 1. The summed E-state index contributed by atoms with van der Waals surface area (Å²) in [7, 11) is 0. The van der Waals surface area contributed by atoms with E-state index < -0.39 is 5.72 Å². The zero-order valence-corrected chi connectivity index (χ0v) is 18.4. The lowest BCUT2D eigenvalue weighted by atomic mass is 9.90. The van der Waals surface area contributed by atoms with Crippen molar-refractivity contribution in [2.75, 3.05) is 13.1 Å². The molecule has 0 aliphatic carbocycles. The monoisotopic (exact) mass is 473 g/mol. The Morgan fingerprint density at radius 2 is 2.00 bits per heavy atom. The number of hydrazone groups is 1. The van der Waals surface area contributed by atoms with Gasteiger partial charge in [-0.05, 0) is 24.3 Å². The fraction of sp³-hybridized carbons (Fsp3) is 0.364. The summed E-state index contributed by atoms with van der Waals surface area (Å²) in [5, 5.41) is 7.89. The minimum Gasteiger partial charge on any atom is -0.466 e. The van der Waals surface area contributed by atoms with Crippen LogP contribution in [0, 0.1) is 0 Å². The zero-order valence-electron chi connectivity index (χ0n) is 16.1. The van der Waals surface area contributed by atoms with Gasteiger partial charge in [0.1, 0.15) is 5.75 Å². The van der Waals surface area contributed by atoms with Gasteiger partial charge in [-0.2, -0.15) is 5.10 Å². The number of piperidine rings is 1. The number of hydrogen-bond donors (Lipinski definition) is 0. The van der Waals surface area contributed by atoms with E-state index in [0.717, 1.165) is 46.3 Å². The van der Waals surface area contributed by atoms with Crippen LogP contribution in [0.25, 0.3) is 0 Å². The molecular formula is C22H21BrClN3O2. The third kappa shape index (κ3) is 3.13. The zero-order chi connectivity index (χ0) is 20.2. The molecule has 0 aromatic heterocycles. The molecule has 1 atom stereocenters. The molecule has 0 bridgehead atoms. The van der Waals surface area contributed by atoms with Crippen molar-refractivity contribution in [1.29, 1.82) is 0 Å². The molecule has 3 aliphatic heterocycles. The molecule has 5 nitrogen and oxygen atoms in total. The van der Waals surface area contributed by atoms with Crippen LogP contribution >= 0.6 is 27.5 Å². The Bertz CT molecular complexity index is 1020. The van der Waals surface area contributed by atoms with Gasteiger partial charge in [0.25, 0.3) is 0 Å². The number of nitrogens with zero attached hydrogens (tertiary/aromatic N) is 3. The Kier molecular flexibility index (Phi) is 4.59. The number of fused-ring (bicyclic) bond motifs is 4. The molecule has 5 rings (SSSR count). The summed E-state index contributed by atoms with van der Waals surface area (Å²) in [5.41, 5.74) is 2.53. The third-order valence-corrected chi connectivity index (χ3v) is 6.96. The second-order valence-corrected chi connectivity index (χ2v) is 9.15. The number of hydrogen-bond acceptors (Lipinski definition) is 4. The van der Waals surface area contributed by atoms with Crippen LogP contribution in [-0.2, 0) is 4.79 Å². The van der Waals surface area contributed by atoms with Crippen LogP contribution in [0.1, 0.15) is 43.4 Å².